The number of phenols is 2. The first kappa shape index (κ1) is 37.3. The van der Waals surface area contributed by atoms with Crippen molar-refractivity contribution in [3.05, 3.63) is 48.5 Å². The van der Waals surface area contributed by atoms with Gasteiger partial charge in [0.2, 0.25) is 11.8 Å². The fraction of sp³-hybridized carbons (Fsp3) is 0.481. The summed E-state index contributed by atoms with van der Waals surface area (Å²) in [6.45, 7) is 9.65. The number of carbonyl (C=O) groups is 2. The molecule has 0 saturated heterocycles. The molecule has 190 valence electrons. The maximum atomic E-state index is 11.8. The van der Waals surface area contributed by atoms with Crippen molar-refractivity contribution in [2.24, 2.45) is 11.3 Å². The lowest BCUT2D eigenvalue weighted by atomic mass is 9.89. The second-order valence-corrected chi connectivity index (χ2v) is 7.58. The minimum Gasteiger partial charge on any atom is -0.508 e. The third-order valence-corrected chi connectivity index (χ3v) is 4.82. The number of rotatable bonds is 6. The molecule has 2 aromatic carbocycles. The van der Waals surface area contributed by atoms with Crippen molar-refractivity contribution in [3.8, 4) is 11.5 Å². The molecule has 6 heteroatoms. The summed E-state index contributed by atoms with van der Waals surface area (Å²) in [7, 11) is 0. The van der Waals surface area contributed by atoms with Crippen LogP contribution in [0.1, 0.15) is 77.2 Å². The molecule has 2 amide bonds. The molecule has 2 aromatic rings. The van der Waals surface area contributed by atoms with Crippen LogP contribution in [0.4, 0.5) is 11.4 Å². The highest BCUT2D eigenvalue weighted by Crippen LogP contribution is 2.23. The highest BCUT2D eigenvalue weighted by Gasteiger charge is 2.25. The molecule has 4 N–H and O–H groups in total. The number of aromatic hydroxyl groups is 2. The molecule has 6 nitrogen and oxygen atoms in total. The normalized spacial score (nSPS) is 10.2. The number of carbonyl (C=O) groups excluding carboxylic acids is 2. The van der Waals surface area contributed by atoms with Crippen molar-refractivity contribution in [3.63, 3.8) is 0 Å². The molecular weight excluding hydrogens is 416 g/mol. The summed E-state index contributed by atoms with van der Waals surface area (Å²) in [5.41, 5.74) is 1.06. The monoisotopic (exact) mass is 464 g/mol. The Morgan fingerprint density at radius 1 is 0.788 bits per heavy atom. The summed E-state index contributed by atoms with van der Waals surface area (Å²) in [5, 5.41) is 23.7. The molecule has 0 bridgehead atoms. The average Bonchev–Trinajstić information content (AvgIpc) is 2.71. The zero-order valence-electron chi connectivity index (χ0n) is 17.8. The van der Waals surface area contributed by atoms with Crippen molar-refractivity contribution in [1.29, 1.82) is 0 Å². The second-order valence-electron chi connectivity index (χ2n) is 7.58. The van der Waals surface area contributed by atoms with Gasteiger partial charge in [-0.25, -0.2) is 0 Å². The SMILES string of the molecule is C.C.C.C.CCC(C)(C)C(=O)Nc1ccc(O)cc1.CCC(C)C(=O)Nc1ccc(O)cc1. The van der Waals surface area contributed by atoms with E-state index in [0.29, 0.717) is 11.4 Å². The second kappa shape index (κ2) is 17.5. The molecule has 0 spiro atoms. The maximum Gasteiger partial charge on any atom is 0.230 e. The molecule has 0 aliphatic rings. The van der Waals surface area contributed by atoms with E-state index in [1.165, 1.54) is 0 Å². The van der Waals surface area contributed by atoms with E-state index in [1.54, 1.807) is 48.5 Å². The first-order valence-corrected chi connectivity index (χ1v) is 9.79. The van der Waals surface area contributed by atoms with Crippen LogP contribution >= 0.6 is 0 Å². The van der Waals surface area contributed by atoms with E-state index < -0.39 is 0 Å². The van der Waals surface area contributed by atoms with Crippen LogP contribution in [-0.4, -0.2) is 22.0 Å². The van der Waals surface area contributed by atoms with E-state index in [1.807, 2.05) is 34.6 Å². The van der Waals surface area contributed by atoms with Crippen molar-refractivity contribution >= 4 is 23.2 Å². The number of benzene rings is 2. The Balaban J connectivity index is -0.000000228. The Bertz CT molecular complexity index is 785. The van der Waals surface area contributed by atoms with E-state index in [2.05, 4.69) is 10.6 Å². The summed E-state index contributed by atoms with van der Waals surface area (Å²) >= 11 is 0. The Hall–Kier alpha value is -3.02. The number of nitrogens with one attached hydrogen (secondary N) is 2. The fourth-order valence-electron chi connectivity index (χ4n) is 2.00. The van der Waals surface area contributed by atoms with Gasteiger partial charge in [0.05, 0.1) is 0 Å². The van der Waals surface area contributed by atoms with Crippen LogP contribution in [0.25, 0.3) is 0 Å². The predicted octanol–water partition coefficient (Wildman–Crippen LogP) is 7.69. The first-order valence-electron chi connectivity index (χ1n) is 9.79. The number of amides is 2. The molecule has 1 atom stereocenters. The van der Waals surface area contributed by atoms with Crippen molar-refractivity contribution < 1.29 is 19.8 Å². The number of phenolic OH excluding ortho intramolecular Hbond substituents is 2. The predicted molar refractivity (Wildman–Crippen MR) is 144 cm³/mol. The largest absolute Gasteiger partial charge is 0.508 e. The molecule has 0 heterocycles. The van der Waals surface area contributed by atoms with Gasteiger partial charge in [0, 0.05) is 22.7 Å². The first-order chi connectivity index (χ1) is 13.6. The summed E-state index contributed by atoms with van der Waals surface area (Å²) in [4.78, 5) is 23.2. The highest BCUT2D eigenvalue weighted by atomic mass is 16.3. The Kier molecular flexibility index (Phi) is 19.8. The van der Waals surface area contributed by atoms with E-state index in [0.717, 1.165) is 12.8 Å². The zero-order valence-corrected chi connectivity index (χ0v) is 17.8. The minimum absolute atomic E-state index is 0. The lowest BCUT2D eigenvalue weighted by Gasteiger charge is -2.21. The quantitative estimate of drug-likeness (QED) is 0.329. The number of hydrogen-bond donors (Lipinski definition) is 4. The molecule has 0 aliphatic heterocycles. The summed E-state index contributed by atoms with van der Waals surface area (Å²) in [5.74, 6) is 0.423. The van der Waals surface area contributed by atoms with Crippen LogP contribution < -0.4 is 10.6 Å². The summed E-state index contributed by atoms with van der Waals surface area (Å²) in [6.07, 6.45) is 1.61. The van der Waals surface area contributed by atoms with Gasteiger partial charge in [-0.05, 0) is 61.4 Å². The van der Waals surface area contributed by atoms with Crippen LogP contribution in [0.2, 0.25) is 0 Å². The molecular formula is C27H48N2O4. The van der Waals surface area contributed by atoms with Crippen molar-refractivity contribution in [2.75, 3.05) is 10.6 Å². The minimum atomic E-state index is -0.363. The van der Waals surface area contributed by atoms with Crippen LogP contribution in [0, 0.1) is 11.3 Å². The Labute approximate surface area is 202 Å². The van der Waals surface area contributed by atoms with Crippen LogP contribution in [0.15, 0.2) is 48.5 Å². The third-order valence-electron chi connectivity index (χ3n) is 4.82. The van der Waals surface area contributed by atoms with Crippen molar-refractivity contribution in [2.45, 2.75) is 77.2 Å². The van der Waals surface area contributed by atoms with Crippen LogP contribution in [0.5, 0.6) is 11.5 Å². The highest BCUT2D eigenvalue weighted by molar-refractivity contribution is 5.94. The molecule has 1 unspecified atom stereocenters. The summed E-state index contributed by atoms with van der Waals surface area (Å²) in [6, 6.07) is 12.9. The van der Waals surface area contributed by atoms with Crippen LogP contribution in [0.3, 0.4) is 0 Å². The van der Waals surface area contributed by atoms with Gasteiger partial charge in [-0.15, -0.1) is 0 Å². The molecule has 0 saturated carbocycles. The lowest BCUT2D eigenvalue weighted by Crippen LogP contribution is -2.29. The van der Waals surface area contributed by atoms with Crippen LogP contribution in [-0.2, 0) is 9.59 Å². The van der Waals surface area contributed by atoms with Gasteiger partial charge in [0.25, 0.3) is 0 Å². The van der Waals surface area contributed by atoms with Gasteiger partial charge >= 0.3 is 0 Å². The molecule has 33 heavy (non-hydrogen) atoms. The van der Waals surface area contributed by atoms with E-state index in [-0.39, 0.29) is 64.4 Å². The van der Waals surface area contributed by atoms with E-state index >= 15 is 0 Å². The molecule has 0 fully saturated rings. The van der Waals surface area contributed by atoms with Gasteiger partial charge < -0.3 is 20.8 Å². The van der Waals surface area contributed by atoms with Gasteiger partial charge in [0.1, 0.15) is 11.5 Å². The Morgan fingerprint density at radius 2 is 1.15 bits per heavy atom. The standard InChI is InChI=1S/C12H17NO2.C11H15NO2.4CH4/c1-4-12(2,3)11(15)13-9-5-7-10(14)8-6-9;1-3-8(2)11(14)12-9-4-6-10(13)7-5-9;;;;/h5-8,14H,4H2,1-3H3,(H,13,15);4-8,13H,3H2,1-2H3,(H,12,14);4*1H4. The van der Waals surface area contributed by atoms with Gasteiger partial charge in [-0.3, -0.25) is 9.59 Å². The molecule has 0 aromatic heterocycles. The molecule has 2 rings (SSSR count). The van der Waals surface area contributed by atoms with E-state index in [4.69, 9.17) is 10.2 Å². The number of hydrogen-bond acceptors (Lipinski definition) is 4. The average molecular weight is 465 g/mol. The van der Waals surface area contributed by atoms with E-state index in [9.17, 15) is 9.59 Å². The van der Waals surface area contributed by atoms with Gasteiger partial charge in [-0.2, -0.15) is 0 Å². The fourth-order valence-corrected chi connectivity index (χ4v) is 2.00. The smallest absolute Gasteiger partial charge is 0.230 e. The third kappa shape index (κ3) is 13.2. The van der Waals surface area contributed by atoms with Gasteiger partial charge in [-0.1, -0.05) is 64.3 Å². The molecule has 0 radical (unpaired) electrons. The molecule has 0 aliphatic carbocycles. The Morgan fingerprint density at radius 3 is 1.48 bits per heavy atom. The summed E-state index contributed by atoms with van der Waals surface area (Å²) < 4.78 is 0. The number of anilines is 2. The van der Waals surface area contributed by atoms with Crippen molar-refractivity contribution in [1.82, 2.24) is 0 Å². The lowest BCUT2D eigenvalue weighted by molar-refractivity contribution is -0.124. The van der Waals surface area contributed by atoms with Gasteiger partial charge in [0.15, 0.2) is 0 Å². The maximum absolute atomic E-state index is 11.8. The topological polar surface area (TPSA) is 98.7 Å². The zero-order chi connectivity index (χ0) is 22.0.